The highest BCUT2D eigenvalue weighted by molar-refractivity contribution is 6.24. The van der Waals surface area contributed by atoms with Crippen LogP contribution in [-0.2, 0) is 0 Å². The van der Waals surface area contributed by atoms with E-state index in [9.17, 15) is 9.90 Å². The standard InChI is InChI=1S/C20H14N2O2/c23-18-12-6-5-11-17(18)20(24)22-21-19-15-9-3-1-7-13(15)14-8-2-4-10-16(14)19/h1-12,23H,(H,22,24). The molecule has 4 nitrogen and oxygen atoms in total. The number of phenols is 1. The molecule has 116 valence electrons. The second-order valence-corrected chi connectivity index (χ2v) is 5.51. The predicted molar refractivity (Wildman–Crippen MR) is 93.1 cm³/mol. The van der Waals surface area contributed by atoms with E-state index in [0.29, 0.717) is 0 Å². The number of hydrogen-bond donors (Lipinski definition) is 2. The summed E-state index contributed by atoms with van der Waals surface area (Å²) in [6.45, 7) is 0. The van der Waals surface area contributed by atoms with Crippen LogP contribution in [0.2, 0.25) is 0 Å². The van der Waals surface area contributed by atoms with Crippen LogP contribution in [0.5, 0.6) is 5.75 Å². The number of hydrazone groups is 1. The van der Waals surface area contributed by atoms with Crippen LogP contribution in [0.4, 0.5) is 0 Å². The number of phenolic OH excluding ortho intramolecular Hbond substituents is 1. The third kappa shape index (κ3) is 2.25. The normalized spacial score (nSPS) is 11.6. The number of aromatic hydroxyl groups is 1. The molecule has 0 heterocycles. The van der Waals surface area contributed by atoms with Gasteiger partial charge in [0.1, 0.15) is 5.75 Å². The molecule has 3 aromatic rings. The fourth-order valence-electron chi connectivity index (χ4n) is 2.95. The van der Waals surface area contributed by atoms with Crippen LogP contribution in [0.1, 0.15) is 21.5 Å². The van der Waals surface area contributed by atoms with Gasteiger partial charge in [-0.2, -0.15) is 5.10 Å². The van der Waals surface area contributed by atoms with Crippen LogP contribution in [0.3, 0.4) is 0 Å². The Morgan fingerprint density at radius 1 is 0.750 bits per heavy atom. The number of fused-ring (bicyclic) bond motifs is 3. The van der Waals surface area contributed by atoms with Crippen LogP contribution >= 0.6 is 0 Å². The van der Waals surface area contributed by atoms with Crippen molar-refractivity contribution in [1.29, 1.82) is 0 Å². The Balaban J connectivity index is 1.73. The minimum absolute atomic E-state index is 0.0672. The van der Waals surface area contributed by atoms with Gasteiger partial charge in [-0.05, 0) is 23.3 Å². The number of nitrogens with one attached hydrogen (secondary N) is 1. The molecule has 0 saturated carbocycles. The molecule has 0 aliphatic heterocycles. The van der Waals surface area contributed by atoms with Gasteiger partial charge in [-0.1, -0.05) is 60.7 Å². The maximum Gasteiger partial charge on any atom is 0.275 e. The molecule has 0 unspecified atom stereocenters. The van der Waals surface area contributed by atoms with Crippen molar-refractivity contribution in [1.82, 2.24) is 5.43 Å². The fraction of sp³-hybridized carbons (Fsp3) is 0. The number of rotatable bonds is 2. The van der Waals surface area contributed by atoms with E-state index in [1.54, 1.807) is 18.2 Å². The second-order valence-electron chi connectivity index (χ2n) is 5.51. The maximum absolute atomic E-state index is 12.3. The lowest BCUT2D eigenvalue weighted by atomic mass is 10.1. The van der Waals surface area contributed by atoms with Gasteiger partial charge >= 0.3 is 0 Å². The highest BCUT2D eigenvalue weighted by Crippen LogP contribution is 2.36. The molecule has 3 aromatic carbocycles. The smallest absolute Gasteiger partial charge is 0.275 e. The summed E-state index contributed by atoms with van der Waals surface area (Å²) in [6, 6.07) is 22.3. The quantitative estimate of drug-likeness (QED) is 0.556. The maximum atomic E-state index is 12.3. The van der Waals surface area contributed by atoms with Crippen LogP contribution < -0.4 is 5.43 Å². The van der Waals surface area contributed by atoms with Crippen LogP contribution in [0.15, 0.2) is 77.9 Å². The number of amides is 1. The molecule has 1 aliphatic rings. The number of para-hydroxylation sites is 1. The summed E-state index contributed by atoms with van der Waals surface area (Å²) in [7, 11) is 0. The number of nitrogens with zero attached hydrogens (tertiary/aromatic N) is 1. The van der Waals surface area contributed by atoms with Gasteiger partial charge in [0.05, 0.1) is 11.3 Å². The van der Waals surface area contributed by atoms with Crippen molar-refractivity contribution in [2.24, 2.45) is 5.10 Å². The Bertz CT molecular complexity index is 929. The zero-order valence-corrected chi connectivity index (χ0v) is 12.7. The topological polar surface area (TPSA) is 61.7 Å². The zero-order valence-electron chi connectivity index (χ0n) is 12.7. The summed E-state index contributed by atoms with van der Waals surface area (Å²) in [5.41, 5.74) is 7.64. The highest BCUT2D eigenvalue weighted by atomic mass is 16.3. The molecule has 1 amide bonds. The van der Waals surface area contributed by atoms with Crippen LogP contribution in [0.25, 0.3) is 11.1 Å². The number of benzene rings is 3. The van der Waals surface area contributed by atoms with Gasteiger partial charge in [0.25, 0.3) is 5.91 Å². The summed E-state index contributed by atoms with van der Waals surface area (Å²) in [5.74, 6) is -0.509. The predicted octanol–water partition coefficient (Wildman–Crippen LogP) is 3.56. The lowest BCUT2D eigenvalue weighted by Crippen LogP contribution is -2.20. The van der Waals surface area contributed by atoms with Gasteiger partial charge in [-0.25, -0.2) is 5.43 Å². The largest absolute Gasteiger partial charge is 0.507 e. The summed E-state index contributed by atoms with van der Waals surface area (Å²) >= 11 is 0. The molecule has 4 heteroatoms. The SMILES string of the molecule is O=C(NN=C1c2ccccc2-c2ccccc21)c1ccccc1O. The molecule has 0 atom stereocenters. The van der Waals surface area contributed by atoms with Crippen molar-refractivity contribution in [3.63, 3.8) is 0 Å². The second kappa shape index (κ2) is 5.66. The number of carbonyl (C=O) groups excluding carboxylic acids is 1. The Morgan fingerprint density at radius 3 is 1.83 bits per heavy atom. The number of hydrogen-bond acceptors (Lipinski definition) is 3. The first-order chi connectivity index (χ1) is 11.8. The van der Waals surface area contributed by atoms with Gasteiger partial charge in [-0.3, -0.25) is 4.79 Å². The van der Waals surface area contributed by atoms with E-state index in [0.717, 1.165) is 28.0 Å². The highest BCUT2D eigenvalue weighted by Gasteiger charge is 2.24. The first-order valence-electron chi connectivity index (χ1n) is 7.61. The van der Waals surface area contributed by atoms with Crippen molar-refractivity contribution in [2.75, 3.05) is 0 Å². The molecular weight excluding hydrogens is 300 g/mol. The first-order valence-corrected chi connectivity index (χ1v) is 7.61. The molecule has 0 saturated heterocycles. The Morgan fingerprint density at radius 2 is 1.25 bits per heavy atom. The molecule has 24 heavy (non-hydrogen) atoms. The monoisotopic (exact) mass is 314 g/mol. The van der Waals surface area contributed by atoms with E-state index < -0.39 is 5.91 Å². The molecule has 2 N–H and O–H groups in total. The van der Waals surface area contributed by atoms with Gasteiger partial charge < -0.3 is 5.11 Å². The lowest BCUT2D eigenvalue weighted by molar-refractivity contribution is 0.0952. The average molecular weight is 314 g/mol. The van der Waals surface area contributed by atoms with E-state index in [1.807, 2.05) is 48.5 Å². The van der Waals surface area contributed by atoms with E-state index in [1.165, 1.54) is 6.07 Å². The Kier molecular flexibility index (Phi) is 3.35. The van der Waals surface area contributed by atoms with Crippen LogP contribution in [0, 0.1) is 0 Å². The van der Waals surface area contributed by atoms with Crippen molar-refractivity contribution >= 4 is 11.6 Å². The van der Waals surface area contributed by atoms with Gasteiger partial charge in [0, 0.05) is 11.1 Å². The minimum Gasteiger partial charge on any atom is -0.507 e. The van der Waals surface area contributed by atoms with Crippen molar-refractivity contribution in [3.05, 3.63) is 89.5 Å². The summed E-state index contributed by atoms with van der Waals surface area (Å²) in [4.78, 5) is 12.3. The van der Waals surface area contributed by atoms with Gasteiger partial charge in [0.15, 0.2) is 0 Å². The van der Waals surface area contributed by atoms with E-state index in [4.69, 9.17) is 0 Å². The van der Waals surface area contributed by atoms with E-state index >= 15 is 0 Å². The third-order valence-electron chi connectivity index (χ3n) is 4.07. The molecule has 0 radical (unpaired) electrons. The van der Waals surface area contributed by atoms with Crippen molar-refractivity contribution in [2.45, 2.75) is 0 Å². The first kappa shape index (κ1) is 14.2. The Hall–Kier alpha value is -3.40. The number of carbonyl (C=O) groups is 1. The van der Waals surface area contributed by atoms with Crippen molar-refractivity contribution < 1.29 is 9.90 Å². The zero-order chi connectivity index (χ0) is 16.5. The molecular formula is C20H14N2O2. The lowest BCUT2D eigenvalue weighted by Gasteiger charge is -2.05. The molecule has 0 spiro atoms. The third-order valence-corrected chi connectivity index (χ3v) is 4.07. The molecule has 0 fully saturated rings. The van der Waals surface area contributed by atoms with E-state index in [2.05, 4.69) is 10.5 Å². The Labute approximate surface area is 139 Å². The van der Waals surface area contributed by atoms with Gasteiger partial charge in [0.2, 0.25) is 0 Å². The van der Waals surface area contributed by atoms with Crippen molar-refractivity contribution in [3.8, 4) is 16.9 Å². The molecule has 4 rings (SSSR count). The van der Waals surface area contributed by atoms with Gasteiger partial charge in [-0.15, -0.1) is 0 Å². The molecule has 0 bridgehead atoms. The average Bonchev–Trinajstić information content (AvgIpc) is 2.94. The fourth-order valence-corrected chi connectivity index (χ4v) is 2.95. The summed E-state index contributed by atoms with van der Waals surface area (Å²) in [6.07, 6.45) is 0. The van der Waals surface area contributed by atoms with Crippen LogP contribution in [-0.4, -0.2) is 16.7 Å². The molecule has 0 aromatic heterocycles. The summed E-state index contributed by atoms with van der Waals surface area (Å²) in [5, 5.41) is 14.1. The minimum atomic E-state index is -0.442. The summed E-state index contributed by atoms with van der Waals surface area (Å²) < 4.78 is 0. The van der Waals surface area contributed by atoms with E-state index in [-0.39, 0.29) is 11.3 Å². The molecule has 1 aliphatic carbocycles.